The molecule has 0 aliphatic heterocycles. The summed E-state index contributed by atoms with van der Waals surface area (Å²) in [4.78, 5) is 35.9. The van der Waals surface area contributed by atoms with Gasteiger partial charge in [0, 0.05) is 11.1 Å². The van der Waals surface area contributed by atoms with E-state index >= 15 is 0 Å². The Bertz CT molecular complexity index is 761. The molecule has 0 saturated heterocycles. The zero-order chi connectivity index (χ0) is 18.4. The number of nitrogens with zero attached hydrogens (tertiary/aromatic N) is 3. The van der Waals surface area contributed by atoms with Crippen molar-refractivity contribution in [2.45, 2.75) is 31.5 Å². The molecule has 0 aliphatic carbocycles. The molecule has 0 saturated carbocycles. The second-order valence-electron chi connectivity index (χ2n) is 6.21. The number of hydrogen-bond acceptors (Lipinski definition) is 7. The van der Waals surface area contributed by atoms with Gasteiger partial charge in [0.15, 0.2) is 11.0 Å². The van der Waals surface area contributed by atoms with E-state index in [1.165, 1.54) is 0 Å². The molecule has 9 heteroatoms. The summed E-state index contributed by atoms with van der Waals surface area (Å²) in [7, 11) is 0. The van der Waals surface area contributed by atoms with Crippen molar-refractivity contribution in [3.63, 3.8) is 0 Å². The summed E-state index contributed by atoms with van der Waals surface area (Å²) in [6.07, 6.45) is 0. The summed E-state index contributed by atoms with van der Waals surface area (Å²) in [5.74, 6) is 0.0330. The van der Waals surface area contributed by atoms with Crippen LogP contribution >= 0.6 is 11.8 Å². The third-order valence-corrected chi connectivity index (χ3v) is 3.59. The highest BCUT2D eigenvalue weighted by molar-refractivity contribution is 7.99. The number of rotatable bonds is 4. The lowest BCUT2D eigenvalue weighted by molar-refractivity contribution is -0.117. The molecule has 0 bridgehead atoms. The van der Waals surface area contributed by atoms with Crippen molar-refractivity contribution >= 4 is 29.6 Å². The zero-order valence-corrected chi connectivity index (χ0v) is 15.1. The highest BCUT2D eigenvalue weighted by Gasteiger charge is 2.16. The fourth-order valence-electron chi connectivity index (χ4n) is 1.82. The third-order valence-electron chi connectivity index (χ3n) is 2.74. The summed E-state index contributed by atoms with van der Waals surface area (Å²) >= 11 is 1.08. The average Bonchev–Trinajstić information content (AvgIpc) is 2.51. The maximum Gasteiger partial charge on any atom is 0.321 e. The van der Waals surface area contributed by atoms with Gasteiger partial charge in [0.1, 0.15) is 0 Å². The monoisotopic (exact) mass is 360 g/mol. The molecule has 132 valence electrons. The second-order valence-corrected chi connectivity index (χ2v) is 7.15. The van der Waals surface area contributed by atoms with Crippen LogP contribution in [-0.2, 0) is 4.79 Å². The number of nitrogens with one attached hydrogen (secondary N) is 2. The van der Waals surface area contributed by atoms with Gasteiger partial charge in [-0.2, -0.15) is 9.97 Å². The number of carbonyl (C=O) groups is 2. The van der Waals surface area contributed by atoms with Crippen LogP contribution in [0.5, 0.6) is 0 Å². The summed E-state index contributed by atoms with van der Waals surface area (Å²) in [6, 6.07) is 8.78. The van der Waals surface area contributed by atoms with Crippen molar-refractivity contribution in [1.82, 2.24) is 25.6 Å². The van der Waals surface area contributed by atoms with Gasteiger partial charge in [0.25, 0.3) is 0 Å². The smallest absolute Gasteiger partial charge is 0.321 e. The first-order valence-electron chi connectivity index (χ1n) is 7.55. The normalized spacial score (nSPS) is 11.0. The number of benzene rings is 1. The molecule has 0 atom stereocenters. The largest absolute Gasteiger partial charge is 0.368 e. The Morgan fingerprint density at radius 1 is 1.12 bits per heavy atom. The van der Waals surface area contributed by atoms with E-state index in [2.05, 4.69) is 25.6 Å². The number of amides is 3. The molecule has 0 spiro atoms. The molecule has 0 fully saturated rings. The third kappa shape index (κ3) is 6.38. The Hall–Kier alpha value is -2.68. The van der Waals surface area contributed by atoms with Crippen LogP contribution in [0, 0.1) is 0 Å². The van der Waals surface area contributed by atoms with Crippen LogP contribution in [0.2, 0.25) is 0 Å². The lowest BCUT2D eigenvalue weighted by atomic mass is 10.1. The Morgan fingerprint density at radius 2 is 1.80 bits per heavy atom. The minimum Gasteiger partial charge on any atom is -0.368 e. The van der Waals surface area contributed by atoms with Crippen LogP contribution in [0.15, 0.2) is 35.5 Å². The highest BCUT2D eigenvalue weighted by atomic mass is 32.2. The van der Waals surface area contributed by atoms with Crippen LogP contribution < -0.4 is 16.4 Å². The fraction of sp³-hybridized carbons (Fsp3) is 0.312. The van der Waals surface area contributed by atoms with E-state index in [0.717, 1.165) is 17.3 Å². The fourth-order valence-corrected chi connectivity index (χ4v) is 2.46. The lowest BCUT2D eigenvalue weighted by Crippen LogP contribution is -2.48. The first kappa shape index (κ1) is 18.7. The first-order chi connectivity index (χ1) is 11.7. The summed E-state index contributed by atoms with van der Waals surface area (Å²) in [5, 5.41) is 5.22. The predicted octanol–water partition coefficient (Wildman–Crippen LogP) is 1.84. The maximum absolute atomic E-state index is 11.9. The van der Waals surface area contributed by atoms with E-state index in [1.54, 1.807) is 0 Å². The van der Waals surface area contributed by atoms with E-state index in [9.17, 15) is 9.59 Å². The van der Waals surface area contributed by atoms with Crippen LogP contribution in [-0.4, -0.2) is 38.2 Å². The molecule has 2 rings (SSSR count). The van der Waals surface area contributed by atoms with E-state index in [0.29, 0.717) is 11.0 Å². The van der Waals surface area contributed by atoms with Gasteiger partial charge in [-0.15, -0.1) is 0 Å². The van der Waals surface area contributed by atoms with E-state index in [4.69, 9.17) is 5.73 Å². The molecule has 1 aromatic carbocycles. The summed E-state index contributed by atoms with van der Waals surface area (Å²) < 4.78 is 0. The Kier molecular flexibility index (Phi) is 5.92. The van der Waals surface area contributed by atoms with Crippen LogP contribution in [0.4, 0.5) is 10.7 Å². The van der Waals surface area contributed by atoms with Crippen LogP contribution in [0.1, 0.15) is 20.8 Å². The Labute approximate surface area is 150 Å². The second kappa shape index (κ2) is 7.93. The van der Waals surface area contributed by atoms with E-state index < -0.39 is 17.5 Å². The molecule has 1 aromatic heterocycles. The molecule has 0 unspecified atom stereocenters. The van der Waals surface area contributed by atoms with Crippen molar-refractivity contribution in [2.75, 3.05) is 11.5 Å². The summed E-state index contributed by atoms with van der Waals surface area (Å²) in [6.45, 7) is 5.47. The van der Waals surface area contributed by atoms with Gasteiger partial charge in [-0.3, -0.25) is 10.1 Å². The molecular formula is C16H20N6O2S. The van der Waals surface area contributed by atoms with Gasteiger partial charge in [-0.25, -0.2) is 9.78 Å². The summed E-state index contributed by atoms with van der Waals surface area (Å²) in [5.41, 5.74) is 6.09. The van der Waals surface area contributed by atoms with Gasteiger partial charge in [0.05, 0.1) is 5.75 Å². The average molecular weight is 360 g/mol. The van der Waals surface area contributed by atoms with Gasteiger partial charge in [-0.1, -0.05) is 42.1 Å². The lowest BCUT2D eigenvalue weighted by Gasteiger charge is -2.20. The number of hydrogen-bond donors (Lipinski definition) is 3. The van der Waals surface area contributed by atoms with Crippen molar-refractivity contribution < 1.29 is 9.59 Å². The number of nitrogen functional groups attached to an aromatic ring is 1. The number of urea groups is 1. The van der Waals surface area contributed by atoms with Crippen molar-refractivity contribution in [2.24, 2.45) is 0 Å². The number of anilines is 1. The van der Waals surface area contributed by atoms with E-state index in [1.807, 2.05) is 51.1 Å². The molecule has 1 heterocycles. The number of imide groups is 1. The maximum atomic E-state index is 11.9. The number of thioether (sulfide) groups is 1. The highest BCUT2D eigenvalue weighted by Crippen LogP contribution is 2.19. The predicted molar refractivity (Wildman–Crippen MR) is 96.8 cm³/mol. The van der Waals surface area contributed by atoms with Gasteiger partial charge in [-0.05, 0) is 20.8 Å². The molecule has 3 amide bonds. The standard InChI is InChI=1S/C16H20N6O2S/c1-16(2,3)22-14(24)18-11(23)9-25-15-20-12(19-13(17)21-15)10-7-5-4-6-8-10/h4-8H,9H2,1-3H3,(H2,17,19,20,21)(H2,18,22,23,24). The van der Waals surface area contributed by atoms with Crippen molar-refractivity contribution in [1.29, 1.82) is 0 Å². The number of carbonyl (C=O) groups excluding carboxylic acids is 2. The zero-order valence-electron chi connectivity index (χ0n) is 14.2. The number of nitrogens with two attached hydrogens (primary N) is 1. The van der Waals surface area contributed by atoms with Gasteiger partial charge >= 0.3 is 6.03 Å². The van der Waals surface area contributed by atoms with Gasteiger partial charge in [0.2, 0.25) is 11.9 Å². The molecule has 8 nitrogen and oxygen atoms in total. The van der Waals surface area contributed by atoms with Gasteiger partial charge < -0.3 is 11.1 Å². The van der Waals surface area contributed by atoms with Crippen LogP contribution in [0.3, 0.4) is 0 Å². The Morgan fingerprint density at radius 3 is 2.44 bits per heavy atom. The SMILES string of the molecule is CC(C)(C)NC(=O)NC(=O)CSc1nc(N)nc(-c2ccccc2)n1. The van der Waals surface area contributed by atoms with E-state index in [-0.39, 0.29) is 11.7 Å². The molecule has 25 heavy (non-hydrogen) atoms. The molecule has 0 aliphatic rings. The van der Waals surface area contributed by atoms with Crippen molar-refractivity contribution in [3.05, 3.63) is 30.3 Å². The molecular weight excluding hydrogens is 340 g/mol. The Balaban J connectivity index is 1.98. The van der Waals surface area contributed by atoms with Crippen LogP contribution in [0.25, 0.3) is 11.4 Å². The quantitative estimate of drug-likeness (QED) is 0.711. The first-order valence-corrected chi connectivity index (χ1v) is 8.53. The number of aromatic nitrogens is 3. The topological polar surface area (TPSA) is 123 Å². The molecule has 2 aromatic rings. The minimum atomic E-state index is -0.543. The molecule has 0 radical (unpaired) electrons. The molecule has 4 N–H and O–H groups in total. The van der Waals surface area contributed by atoms with Crippen molar-refractivity contribution in [3.8, 4) is 11.4 Å². The minimum absolute atomic E-state index is 0.0186.